The fourth-order valence-electron chi connectivity index (χ4n) is 3.24. The minimum Gasteiger partial charge on any atom is -0.355 e. The molecule has 3 rings (SSSR count). The minimum absolute atomic E-state index is 0.151. The van der Waals surface area contributed by atoms with Gasteiger partial charge in [-0.3, -0.25) is 0 Å². The molecule has 1 aliphatic rings. The molecule has 1 saturated heterocycles. The number of nitrogens with zero attached hydrogens (tertiary/aromatic N) is 3. The Hall–Kier alpha value is -1.55. The second-order valence-electron chi connectivity index (χ2n) is 6.25. The van der Waals surface area contributed by atoms with Gasteiger partial charge in [0.05, 0.1) is 5.69 Å². The molecule has 0 aliphatic carbocycles. The van der Waals surface area contributed by atoms with Crippen molar-refractivity contribution in [2.45, 2.75) is 51.5 Å². The summed E-state index contributed by atoms with van der Waals surface area (Å²) in [5.41, 5.74) is 8.37. The van der Waals surface area contributed by atoms with Crippen LogP contribution < -0.4 is 10.6 Å². The summed E-state index contributed by atoms with van der Waals surface area (Å²) in [6.07, 6.45) is 9.58. The van der Waals surface area contributed by atoms with E-state index in [0.717, 1.165) is 31.0 Å². The fraction of sp³-hybridized carbons (Fsp3) is 0.588. The number of rotatable bonds is 3. The quantitative estimate of drug-likeness (QED) is 0.943. The molecule has 1 unspecified atom stereocenters. The van der Waals surface area contributed by atoms with Gasteiger partial charge in [-0.15, -0.1) is 0 Å². The van der Waals surface area contributed by atoms with E-state index in [4.69, 9.17) is 10.7 Å². The predicted molar refractivity (Wildman–Crippen MR) is 87.8 cm³/mol. The van der Waals surface area contributed by atoms with Crippen molar-refractivity contribution in [3.8, 4) is 0 Å². The highest BCUT2D eigenvalue weighted by Crippen LogP contribution is 2.25. The van der Waals surface area contributed by atoms with Gasteiger partial charge in [0.1, 0.15) is 5.65 Å². The van der Waals surface area contributed by atoms with Gasteiger partial charge < -0.3 is 15.0 Å². The maximum Gasteiger partial charge on any atom is 0.151 e. The molecule has 0 bridgehead atoms. The van der Waals surface area contributed by atoms with Gasteiger partial charge in [0.2, 0.25) is 0 Å². The normalized spacial score (nSPS) is 18.5. The lowest BCUT2D eigenvalue weighted by molar-refractivity contribution is 0.552. The molecule has 1 aliphatic heterocycles. The number of nitrogens with two attached hydrogens (primary N) is 1. The number of aromatic nitrogens is 2. The van der Waals surface area contributed by atoms with E-state index >= 15 is 0 Å². The van der Waals surface area contributed by atoms with Crippen LogP contribution in [0.15, 0.2) is 24.4 Å². The van der Waals surface area contributed by atoms with Crippen LogP contribution in [0.1, 0.15) is 44.7 Å². The molecule has 4 heteroatoms. The summed E-state index contributed by atoms with van der Waals surface area (Å²) in [7, 11) is 0. The van der Waals surface area contributed by atoms with Crippen LogP contribution >= 0.6 is 0 Å². The van der Waals surface area contributed by atoms with E-state index in [9.17, 15) is 0 Å². The number of hydrogen-bond donors (Lipinski definition) is 1. The largest absolute Gasteiger partial charge is 0.355 e. The zero-order valence-corrected chi connectivity index (χ0v) is 13.0. The van der Waals surface area contributed by atoms with E-state index in [0.29, 0.717) is 0 Å². The third-order valence-electron chi connectivity index (χ3n) is 4.28. The highest BCUT2D eigenvalue weighted by Gasteiger charge is 2.19. The van der Waals surface area contributed by atoms with Crippen molar-refractivity contribution >= 4 is 11.5 Å². The Balaban J connectivity index is 1.98. The van der Waals surface area contributed by atoms with Crippen molar-refractivity contribution in [2.24, 2.45) is 5.73 Å². The highest BCUT2D eigenvalue weighted by molar-refractivity contribution is 5.56. The Labute approximate surface area is 127 Å². The standard InChI is InChI=1S/C17H26N4/c1-14(18)13-15-17(19-16-9-5-8-12-21(15)16)20-10-6-3-2-4-7-11-20/h5,8-9,12,14H,2-4,6-7,10-11,13,18H2,1H3. The molecule has 1 atom stereocenters. The lowest BCUT2D eigenvalue weighted by atomic mass is 10.1. The van der Waals surface area contributed by atoms with E-state index in [2.05, 4.69) is 40.6 Å². The van der Waals surface area contributed by atoms with Gasteiger partial charge in [-0.1, -0.05) is 25.3 Å². The van der Waals surface area contributed by atoms with E-state index in [1.807, 2.05) is 0 Å². The van der Waals surface area contributed by atoms with Crippen molar-refractivity contribution in [3.63, 3.8) is 0 Å². The van der Waals surface area contributed by atoms with Gasteiger partial charge in [-0.2, -0.15) is 0 Å². The van der Waals surface area contributed by atoms with Crippen molar-refractivity contribution in [1.29, 1.82) is 0 Å². The van der Waals surface area contributed by atoms with Gasteiger partial charge in [-0.05, 0) is 31.9 Å². The van der Waals surface area contributed by atoms with Gasteiger partial charge >= 0.3 is 0 Å². The number of pyridine rings is 1. The Morgan fingerprint density at radius 3 is 2.57 bits per heavy atom. The van der Waals surface area contributed by atoms with E-state index < -0.39 is 0 Å². The van der Waals surface area contributed by atoms with Gasteiger partial charge in [0.15, 0.2) is 5.82 Å². The van der Waals surface area contributed by atoms with Crippen LogP contribution in [0.2, 0.25) is 0 Å². The molecule has 0 aromatic carbocycles. The average molecular weight is 286 g/mol. The third kappa shape index (κ3) is 3.21. The second kappa shape index (κ2) is 6.48. The Morgan fingerprint density at radius 1 is 1.14 bits per heavy atom. The molecule has 3 heterocycles. The zero-order chi connectivity index (χ0) is 14.7. The van der Waals surface area contributed by atoms with Crippen LogP contribution in [-0.2, 0) is 6.42 Å². The lowest BCUT2D eigenvalue weighted by Crippen LogP contribution is -2.29. The molecule has 2 aromatic heterocycles. The average Bonchev–Trinajstić information content (AvgIpc) is 2.77. The molecule has 2 aromatic rings. The molecule has 0 spiro atoms. The first kappa shape index (κ1) is 14.4. The Bertz CT molecular complexity index is 579. The van der Waals surface area contributed by atoms with Gasteiger partial charge in [0, 0.05) is 31.7 Å². The molecule has 0 radical (unpaired) electrons. The number of imidazole rings is 1. The van der Waals surface area contributed by atoms with Crippen LogP contribution in [0.25, 0.3) is 5.65 Å². The topological polar surface area (TPSA) is 46.6 Å². The molecular weight excluding hydrogens is 260 g/mol. The van der Waals surface area contributed by atoms with Crippen molar-refractivity contribution in [3.05, 3.63) is 30.1 Å². The van der Waals surface area contributed by atoms with Crippen molar-refractivity contribution in [1.82, 2.24) is 9.38 Å². The smallest absolute Gasteiger partial charge is 0.151 e. The maximum absolute atomic E-state index is 6.07. The monoisotopic (exact) mass is 286 g/mol. The zero-order valence-electron chi connectivity index (χ0n) is 13.0. The maximum atomic E-state index is 6.07. The minimum atomic E-state index is 0.151. The molecule has 2 N–H and O–H groups in total. The first-order chi connectivity index (χ1) is 10.3. The predicted octanol–water partition coefficient (Wildman–Crippen LogP) is 2.99. The van der Waals surface area contributed by atoms with Crippen LogP contribution in [0.4, 0.5) is 5.82 Å². The summed E-state index contributed by atoms with van der Waals surface area (Å²) in [6.45, 7) is 4.31. The van der Waals surface area contributed by atoms with Crippen molar-refractivity contribution < 1.29 is 0 Å². The van der Waals surface area contributed by atoms with Crippen molar-refractivity contribution in [2.75, 3.05) is 18.0 Å². The molecule has 1 fully saturated rings. The summed E-state index contributed by atoms with van der Waals surface area (Å²) < 4.78 is 2.21. The second-order valence-corrected chi connectivity index (χ2v) is 6.25. The Morgan fingerprint density at radius 2 is 1.86 bits per heavy atom. The highest BCUT2D eigenvalue weighted by atomic mass is 15.2. The summed E-state index contributed by atoms with van der Waals surface area (Å²) in [6, 6.07) is 6.35. The first-order valence-corrected chi connectivity index (χ1v) is 8.22. The van der Waals surface area contributed by atoms with E-state index in [1.165, 1.54) is 37.8 Å². The van der Waals surface area contributed by atoms with Gasteiger partial charge in [0.25, 0.3) is 0 Å². The molecule has 0 saturated carbocycles. The Kier molecular flexibility index (Phi) is 4.44. The molecule has 0 amide bonds. The first-order valence-electron chi connectivity index (χ1n) is 8.22. The SMILES string of the molecule is CC(N)Cc1c(N2CCCCCCC2)nc2ccccn12. The van der Waals surface area contributed by atoms with E-state index in [1.54, 1.807) is 0 Å². The van der Waals surface area contributed by atoms with Crippen LogP contribution in [0, 0.1) is 0 Å². The molecule has 4 nitrogen and oxygen atoms in total. The number of anilines is 1. The molecular formula is C17H26N4. The molecule has 114 valence electrons. The van der Waals surface area contributed by atoms with Crippen LogP contribution in [0.5, 0.6) is 0 Å². The summed E-state index contributed by atoms with van der Waals surface area (Å²) >= 11 is 0. The third-order valence-corrected chi connectivity index (χ3v) is 4.28. The number of fused-ring (bicyclic) bond motifs is 1. The lowest BCUT2D eigenvalue weighted by Gasteiger charge is -2.26. The van der Waals surface area contributed by atoms with Crippen LogP contribution in [0.3, 0.4) is 0 Å². The summed E-state index contributed by atoms with van der Waals surface area (Å²) in [5.74, 6) is 1.15. The summed E-state index contributed by atoms with van der Waals surface area (Å²) in [4.78, 5) is 7.37. The van der Waals surface area contributed by atoms with Gasteiger partial charge in [-0.25, -0.2) is 4.98 Å². The van der Waals surface area contributed by atoms with E-state index in [-0.39, 0.29) is 6.04 Å². The summed E-state index contributed by atoms with van der Waals surface area (Å²) in [5, 5.41) is 0. The molecule has 21 heavy (non-hydrogen) atoms. The van der Waals surface area contributed by atoms with Crippen LogP contribution in [-0.4, -0.2) is 28.5 Å². The number of hydrogen-bond acceptors (Lipinski definition) is 3. The fourth-order valence-corrected chi connectivity index (χ4v) is 3.24.